The summed E-state index contributed by atoms with van der Waals surface area (Å²) in [7, 11) is 4.26. The minimum Gasteiger partial charge on any atom is -0.493 e. The summed E-state index contributed by atoms with van der Waals surface area (Å²) in [5, 5.41) is 10.6. The van der Waals surface area contributed by atoms with E-state index in [0.717, 1.165) is 24.4 Å². The van der Waals surface area contributed by atoms with Gasteiger partial charge in [-0.15, -0.1) is 0 Å². The number of rotatable bonds is 6. The monoisotopic (exact) mass is 292 g/mol. The van der Waals surface area contributed by atoms with E-state index < -0.39 is 6.10 Å². The van der Waals surface area contributed by atoms with E-state index in [-0.39, 0.29) is 0 Å². The molecule has 0 radical (unpaired) electrons. The fourth-order valence-electron chi connectivity index (χ4n) is 3.25. The number of benzene rings is 1. The van der Waals surface area contributed by atoms with Crippen molar-refractivity contribution in [2.24, 2.45) is 5.92 Å². The summed E-state index contributed by atoms with van der Waals surface area (Å²) in [5.41, 5.74) is 0.889. The van der Waals surface area contributed by atoms with Crippen LogP contribution in [-0.4, -0.2) is 61.3 Å². The Morgan fingerprint density at radius 3 is 2.67 bits per heavy atom. The van der Waals surface area contributed by atoms with Crippen molar-refractivity contribution in [3.05, 3.63) is 29.8 Å². The van der Waals surface area contributed by atoms with E-state index in [1.807, 2.05) is 31.2 Å². The van der Waals surface area contributed by atoms with Gasteiger partial charge in [0.1, 0.15) is 5.75 Å². The molecule has 1 saturated heterocycles. The minimum absolute atomic E-state index is 0.499. The molecule has 0 spiro atoms. The molecule has 2 rings (SSSR count). The molecule has 0 saturated carbocycles. The van der Waals surface area contributed by atoms with Gasteiger partial charge in [-0.2, -0.15) is 0 Å². The summed E-state index contributed by atoms with van der Waals surface area (Å²) in [6.07, 6.45) is -0.499. The minimum atomic E-state index is -0.499. The zero-order valence-electron chi connectivity index (χ0n) is 13.6. The van der Waals surface area contributed by atoms with Crippen molar-refractivity contribution in [1.29, 1.82) is 0 Å². The zero-order chi connectivity index (χ0) is 15.4. The third-order valence-corrected chi connectivity index (χ3v) is 4.32. The lowest BCUT2D eigenvalue weighted by Crippen LogP contribution is -2.35. The number of likely N-dealkylation sites (tertiary alicyclic amines) is 1. The number of likely N-dealkylation sites (N-methyl/N-ethyl adjacent to an activating group) is 1. The summed E-state index contributed by atoms with van der Waals surface area (Å²) in [6.45, 7) is 7.59. The first-order chi connectivity index (χ1) is 10.0. The highest BCUT2D eigenvalue weighted by Crippen LogP contribution is 2.28. The molecule has 1 aromatic rings. The standard InChI is InChI=1S/C17H28N2O2/c1-5-21-17-9-7-6-8-14(17)16(20)12-19-10-13(2)15(11-19)18(3)4/h6-9,13,15-16,20H,5,10-12H2,1-4H3. The molecule has 21 heavy (non-hydrogen) atoms. The summed E-state index contributed by atoms with van der Waals surface area (Å²) >= 11 is 0. The van der Waals surface area contributed by atoms with Crippen LogP contribution in [0.1, 0.15) is 25.5 Å². The van der Waals surface area contributed by atoms with Crippen LogP contribution in [0.15, 0.2) is 24.3 Å². The smallest absolute Gasteiger partial charge is 0.125 e. The van der Waals surface area contributed by atoms with Gasteiger partial charge >= 0.3 is 0 Å². The van der Waals surface area contributed by atoms with Crippen LogP contribution in [0.5, 0.6) is 5.75 Å². The third-order valence-electron chi connectivity index (χ3n) is 4.32. The Hall–Kier alpha value is -1.10. The normalized spacial score (nSPS) is 24.5. The second-order valence-corrected chi connectivity index (χ2v) is 6.21. The average molecular weight is 292 g/mol. The van der Waals surface area contributed by atoms with Crippen molar-refractivity contribution < 1.29 is 9.84 Å². The quantitative estimate of drug-likeness (QED) is 0.870. The molecule has 0 bridgehead atoms. The van der Waals surface area contributed by atoms with Crippen LogP contribution in [0.3, 0.4) is 0 Å². The van der Waals surface area contributed by atoms with E-state index in [1.54, 1.807) is 0 Å². The predicted octanol–water partition coefficient (Wildman–Crippen LogP) is 2.00. The van der Waals surface area contributed by atoms with Gasteiger partial charge in [-0.05, 0) is 33.0 Å². The largest absolute Gasteiger partial charge is 0.493 e. The van der Waals surface area contributed by atoms with Gasteiger partial charge in [-0.3, -0.25) is 4.90 Å². The van der Waals surface area contributed by atoms with E-state index in [0.29, 0.717) is 25.1 Å². The first kappa shape index (κ1) is 16.3. The molecule has 0 aliphatic carbocycles. The van der Waals surface area contributed by atoms with Gasteiger partial charge in [0.25, 0.3) is 0 Å². The molecule has 3 unspecified atom stereocenters. The lowest BCUT2D eigenvalue weighted by molar-refractivity contribution is 0.118. The van der Waals surface area contributed by atoms with E-state index in [1.165, 1.54) is 0 Å². The molecule has 1 heterocycles. The van der Waals surface area contributed by atoms with Crippen LogP contribution in [0, 0.1) is 5.92 Å². The number of hydrogen-bond acceptors (Lipinski definition) is 4. The van der Waals surface area contributed by atoms with Gasteiger partial charge in [0, 0.05) is 31.2 Å². The number of para-hydroxylation sites is 1. The molecule has 4 nitrogen and oxygen atoms in total. The molecule has 3 atom stereocenters. The number of nitrogens with zero attached hydrogens (tertiary/aromatic N) is 2. The molecular weight excluding hydrogens is 264 g/mol. The molecule has 1 aliphatic heterocycles. The fraction of sp³-hybridized carbons (Fsp3) is 0.647. The van der Waals surface area contributed by atoms with Gasteiger partial charge in [0.2, 0.25) is 0 Å². The topological polar surface area (TPSA) is 35.9 Å². The van der Waals surface area contributed by atoms with Crippen LogP contribution in [0.4, 0.5) is 0 Å². The molecular formula is C17H28N2O2. The number of hydrogen-bond donors (Lipinski definition) is 1. The summed E-state index contributed by atoms with van der Waals surface area (Å²) < 4.78 is 5.62. The molecule has 1 aliphatic rings. The summed E-state index contributed by atoms with van der Waals surface area (Å²) in [6, 6.07) is 8.35. The Morgan fingerprint density at radius 2 is 2.05 bits per heavy atom. The molecule has 0 aromatic heterocycles. The van der Waals surface area contributed by atoms with Crippen molar-refractivity contribution in [2.45, 2.75) is 26.0 Å². The van der Waals surface area contributed by atoms with E-state index >= 15 is 0 Å². The van der Waals surface area contributed by atoms with Gasteiger partial charge in [0.15, 0.2) is 0 Å². The Morgan fingerprint density at radius 1 is 1.33 bits per heavy atom. The Bertz CT molecular complexity index is 450. The molecule has 0 amide bonds. The van der Waals surface area contributed by atoms with Crippen LogP contribution in [-0.2, 0) is 0 Å². The van der Waals surface area contributed by atoms with E-state index in [4.69, 9.17) is 4.74 Å². The number of aliphatic hydroxyl groups excluding tert-OH is 1. The maximum absolute atomic E-state index is 10.6. The van der Waals surface area contributed by atoms with Gasteiger partial charge in [-0.1, -0.05) is 25.1 Å². The number of β-amino-alcohol motifs (C(OH)–C–C–N with tert-alkyl or cyclic N) is 1. The first-order valence-corrected chi connectivity index (χ1v) is 7.81. The van der Waals surface area contributed by atoms with Crippen molar-refractivity contribution in [1.82, 2.24) is 9.80 Å². The second kappa shape index (κ2) is 7.25. The fourth-order valence-corrected chi connectivity index (χ4v) is 3.25. The van der Waals surface area contributed by atoms with Crippen molar-refractivity contribution in [2.75, 3.05) is 40.3 Å². The lowest BCUT2D eigenvalue weighted by Gasteiger charge is -2.24. The zero-order valence-corrected chi connectivity index (χ0v) is 13.6. The summed E-state index contributed by atoms with van der Waals surface area (Å²) in [4.78, 5) is 4.63. The summed E-state index contributed by atoms with van der Waals surface area (Å²) in [5.74, 6) is 1.43. The molecule has 4 heteroatoms. The third kappa shape index (κ3) is 3.96. The van der Waals surface area contributed by atoms with E-state index in [9.17, 15) is 5.11 Å². The van der Waals surface area contributed by atoms with Crippen LogP contribution in [0.25, 0.3) is 0 Å². The van der Waals surface area contributed by atoms with Crippen molar-refractivity contribution in [3.8, 4) is 5.75 Å². The van der Waals surface area contributed by atoms with Gasteiger partial charge < -0.3 is 14.7 Å². The predicted molar refractivity (Wildman–Crippen MR) is 85.6 cm³/mol. The molecule has 118 valence electrons. The Balaban J connectivity index is 2.01. The SMILES string of the molecule is CCOc1ccccc1C(O)CN1CC(C)C(N(C)C)C1. The second-order valence-electron chi connectivity index (χ2n) is 6.21. The maximum Gasteiger partial charge on any atom is 0.125 e. The van der Waals surface area contributed by atoms with Crippen molar-refractivity contribution >= 4 is 0 Å². The Labute approximate surface area is 128 Å². The highest BCUT2D eigenvalue weighted by atomic mass is 16.5. The first-order valence-electron chi connectivity index (χ1n) is 7.81. The molecule has 1 N–H and O–H groups in total. The van der Waals surface area contributed by atoms with Crippen LogP contribution < -0.4 is 4.74 Å². The number of aliphatic hydroxyl groups is 1. The van der Waals surface area contributed by atoms with Crippen LogP contribution >= 0.6 is 0 Å². The van der Waals surface area contributed by atoms with Gasteiger partial charge in [0.05, 0.1) is 12.7 Å². The average Bonchev–Trinajstić information content (AvgIpc) is 2.80. The highest BCUT2D eigenvalue weighted by molar-refractivity contribution is 5.35. The van der Waals surface area contributed by atoms with Crippen molar-refractivity contribution in [3.63, 3.8) is 0 Å². The van der Waals surface area contributed by atoms with E-state index in [2.05, 4.69) is 30.8 Å². The molecule has 1 fully saturated rings. The highest BCUT2D eigenvalue weighted by Gasteiger charge is 2.32. The number of ether oxygens (including phenoxy) is 1. The maximum atomic E-state index is 10.6. The Kier molecular flexibility index (Phi) is 5.62. The van der Waals surface area contributed by atoms with Crippen LogP contribution in [0.2, 0.25) is 0 Å². The van der Waals surface area contributed by atoms with Gasteiger partial charge in [-0.25, -0.2) is 0 Å². The molecule has 1 aromatic carbocycles. The lowest BCUT2D eigenvalue weighted by atomic mass is 10.1.